The Bertz CT molecular complexity index is 293. The van der Waals surface area contributed by atoms with Crippen LogP contribution in [0.3, 0.4) is 0 Å². The Labute approximate surface area is 88.5 Å². The first-order valence-electron chi connectivity index (χ1n) is 4.96. The van der Waals surface area contributed by atoms with Gasteiger partial charge in [-0.05, 0) is 35.8 Å². The van der Waals surface area contributed by atoms with Crippen molar-refractivity contribution >= 4 is 15.9 Å². The Morgan fingerprint density at radius 1 is 1.46 bits per heavy atom. The van der Waals surface area contributed by atoms with E-state index in [0.717, 1.165) is 17.2 Å². The molecule has 2 rings (SSSR count). The van der Waals surface area contributed by atoms with Crippen LogP contribution in [0.1, 0.15) is 30.4 Å². The molecule has 0 fully saturated rings. The molecule has 0 aromatic heterocycles. The third-order valence-corrected chi connectivity index (χ3v) is 4.13. The number of aryl methyl sites for hydroxylation is 1. The van der Waals surface area contributed by atoms with E-state index in [2.05, 4.69) is 47.1 Å². The minimum absolute atomic E-state index is 0.767. The second-order valence-corrected chi connectivity index (χ2v) is 4.62. The lowest BCUT2D eigenvalue weighted by molar-refractivity contribution is 0.506. The van der Waals surface area contributed by atoms with Gasteiger partial charge in [0.1, 0.15) is 0 Å². The summed E-state index contributed by atoms with van der Waals surface area (Å²) < 4.78 is 0. The van der Waals surface area contributed by atoms with E-state index in [1.54, 1.807) is 11.1 Å². The lowest BCUT2D eigenvalue weighted by Gasteiger charge is -2.17. The average Bonchev–Trinajstić information content (AvgIpc) is 2.60. The van der Waals surface area contributed by atoms with Crippen LogP contribution < -0.4 is 0 Å². The molecule has 0 radical (unpaired) electrons. The largest absolute Gasteiger partial charge is 0.0925 e. The van der Waals surface area contributed by atoms with Gasteiger partial charge >= 0.3 is 0 Å². The van der Waals surface area contributed by atoms with Crippen molar-refractivity contribution in [3.63, 3.8) is 0 Å². The molecule has 2 atom stereocenters. The fourth-order valence-electron chi connectivity index (χ4n) is 2.29. The van der Waals surface area contributed by atoms with E-state index in [9.17, 15) is 0 Å². The minimum atomic E-state index is 0.767. The first-order chi connectivity index (χ1) is 6.33. The monoisotopic (exact) mass is 238 g/mol. The van der Waals surface area contributed by atoms with Gasteiger partial charge in [-0.2, -0.15) is 0 Å². The van der Waals surface area contributed by atoms with Crippen LogP contribution in [0.5, 0.6) is 0 Å². The van der Waals surface area contributed by atoms with Crippen LogP contribution in [0.2, 0.25) is 0 Å². The molecule has 0 N–H and O–H groups in total. The molecule has 1 aromatic carbocycles. The van der Waals surface area contributed by atoms with Gasteiger partial charge in [-0.3, -0.25) is 0 Å². The predicted molar refractivity (Wildman–Crippen MR) is 60.5 cm³/mol. The molecule has 13 heavy (non-hydrogen) atoms. The van der Waals surface area contributed by atoms with Crippen molar-refractivity contribution in [1.29, 1.82) is 0 Å². The highest BCUT2D eigenvalue weighted by Gasteiger charge is 2.25. The van der Waals surface area contributed by atoms with Gasteiger partial charge in [-0.1, -0.05) is 47.1 Å². The van der Waals surface area contributed by atoms with Gasteiger partial charge < -0.3 is 0 Å². The summed E-state index contributed by atoms with van der Waals surface area (Å²) >= 11 is 3.58. The molecule has 2 unspecified atom stereocenters. The molecular formula is C12H15Br. The average molecular weight is 239 g/mol. The van der Waals surface area contributed by atoms with Crippen molar-refractivity contribution in [1.82, 2.24) is 0 Å². The molecule has 0 amide bonds. The molecule has 1 aliphatic rings. The van der Waals surface area contributed by atoms with E-state index in [1.165, 1.54) is 12.8 Å². The van der Waals surface area contributed by atoms with Gasteiger partial charge in [0.2, 0.25) is 0 Å². The molecular weight excluding hydrogens is 224 g/mol. The first-order valence-corrected chi connectivity index (χ1v) is 6.09. The second kappa shape index (κ2) is 3.83. The van der Waals surface area contributed by atoms with E-state index in [4.69, 9.17) is 0 Å². The van der Waals surface area contributed by atoms with E-state index < -0.39 is 0 Å². The summed E-state index contributed by atoms with van der Waals surface area (Å²) in [6.45, 7) is 2.33. The number of halogens is 1. The Hall–Kier alpha value is -0.300. The van der Waals surface area contributed by atoms with Gasteiger partial charge in [0.05, 0.1) is 0 Å². The van der Waals surface area contributed by atoms with E-state index in [1.807, 2.05) is 0 Å². The Morgan fingerprint density at radius 2 is 2.23 bits per heavy atom. The minimum Gasteiger partial charge on any atom is -0.0925 e. The second-order valence-electron chi connectivity index (χ2n) is 3.98. The summed E-state index contributed by atoms with van der Waals surface area (Å²) in [5.74, 6) is 1.55. The van der Waals surface area contributed by atoms with Gasteiger partial charge in [0.15, 0.2) is 0 Å². The molecule has 0 spiro atoms. The van der Waals surface area contributed by atoms with E-state index >= 15 is 0 Å². The van der Waals surface area contributed by atoms with Gasteiger partial charge in [0.25, 0.3) is 0 Å². The van der Waals surface area contributed by atoms with Crippen molar-refractivity contribution in [3.8, 4) is 0 Å². The summed E-state index contributed by atoms with van der Waals surface area (Å²) in [6, 6.07) is 8.89. The first kappa shape index (κ1) is 9.26. The van der Waals surface area contributed by atoms with Gasteiger partial charge in [-0.15, -0.1) is 0 Å². The fourth-order valence-corrected chi connectivity index (χ4v) is 2.74. The summed E-state index contributed by atoms with van der Waals surface area (Å²) in [5.41, 5.74) is 3.16. The maximum Gasteiger partial charge on any atom is 0.00628 e. The van der Waals surface area contributed by atoms with Crippen molar-refractivity contribution in [3.05, 3.63) is 35.4 Å². The molecule has 1 heteroatoms. The maximum atomic E-state index is 3.58. The zero-order valence-corrected chi connectivity index (χ0v) is 9.55. The lowest BCUT2D eigenvalue weighted by Crippen LogP contribution is -2.07. The molecule has 70 valence electrons. The Balaban J connectivity index is 2.28. The van der Waals surface area contributed by atoms with Crippen LogP contribution in [0.25, 0.3) is 0 Å². The molecule has 0 heterocycles. The molecule has 0 saturated heterocycles. The SMILES string of the molecule is CC(CBr)C1CCc2ccccc21. The highest BCUT2D eigenvalue weighted by atomic mass is 79.9. The Morgan fingerprint density at radius 3 is 3.00 bits per heavy atom. The quantitative estimate of drug-likeness (QED) is 0.689. The lowest BCUT2D eigenvalue weighted by atomic mass is 9.90. The fraction of sp³-hybridized carbons (Fsp3) is 0.500. The standard InChI is InChI=1S/C12H15Br/c1-9(8-13)11-7-6-10-4-2-3-5-12(10)11/h2-5,9,11H,6-8H2,1H3. The molecule has 1 aromatic rings. The number of fused-ring (bicyclic) bond motifs is 1. The van der Waals surface area contributed by atoms with E-state index in [-0.39, 0.29) is 0 Å². The van der Waals surface area contributed by atoms with Crippen LogP contribution in [0, 0.1) is 5.92 Å². The van der Waals surface area contributed by atoms with Crippen molar-refractivity contribution in [2.45, 2.75) is 25.7 Å². The predicted octanol–water partition coefficient (Wildman–Crippen LogP) is 3.75. The van der Waals surface area contributed by atoms with Crippen LogP contribution in [-0.2, 0) is 6.42 Å². The Kier molecular flexibility index (Phi) is 2.73. The molecule has 1 aliphatic carbocycles. The third kappa shape index (κ3) is 1.67. The highest BCUT2D eigenvalue weighted by molar-refractivity contribution is 9.09. The van der Waals surface area contributed by atoms with Crippen LogP contribution >= 0.6 is 15.9 Å². The summed E-state index contributed by atoms with van der Waals surface area (Å²) in [6.07, 6.45) is 2.62. The van der Waals surface area contributed by atoms with Crippen molar-refractivity contribution < 1.29 is 0 Å². The number of hydrogen-bond acceptors (Lipinski definition) is 0. The normalized spacial score (nSPS) is 22.8. The zero-order chi connectivity index (χ0) is 9.26. The van der Waals surface area contributed by atoms with E-state index in [0.29, 0.717) is 0 Å². The number of hydrogen-bond donors (Lipinski definition) is 0. The molecule has 0 saturated carbocycles. The van der Waals surface area contributed by atoms with Gasteiger partial charge in [-0.25, -0.2) is 0 Å². The van der Waals surface area contributed by atoms with Crippen LogP contribution in [0.15, 0.2) is 24.3 Å². The third-order valence-electron chi connectivity index (χ3n) is 3.11. The number of alkyl halides is 1. The maximum absolute atomic E-state index is 3.58. The summed E-state index contributed by atoms with van der Waals surface area (Å²) in [4.78, 5) is 0. The van der Waals surface area contributed by atoms with Crippen molar-refractivity contribution in [2.75, 3.05) is 5.33 Å². The molecule has 0 bridgehead atoms. The number of rotatable bonds is 2. The summed E-state index contributed by atoms with van der Waals surface area (Å²) in [5, 5.41) is 1.12. The highest BCUT2D eigenvalue weighted by Crippen LogP contribution is 2.38. The van der Waals surface area contributed by atoms with Crippen LogP contribution in [0.4, 0.5) is 0 Å². The van der Waals surface area contributed by atoms with Gasteiger partial charge in [0, 0.05) is 5.33 Å². The van der Waals surface area contributed by atoms with Crippen LogP contribution in [-0.4, -0.2) is 5.33 Å². The van der Waals surface area contributed by atoms with Crippen molar-refractivity contribution in [2.24, 2.45) is 5.92 Å². The summed E-state index contributed by atoms with van der Waals surface area (Å²) in [7, 11) is 0. The zero-order valence-electron chi connectivity index (χ0n) is 7.96. The molecule has 0 nitrogen and oxygen atoms in total. The molecule has 0 aliphatic heterocycles. The smallest absolute Gasteiger partial charge is 0.00628 e. The topological polar surface area (TPSA) is 0 Å². The number of benzene rings is 1.